The van der Waals surface area contributed by atoms with Crippen molar-refractivity contribution in [3.8, 4) is 11.5 Å². The van der Waals surface area contributed by atoms with E-state index in [0.29, 0.717) is 24.3 Å². The first-order chi connectivity index (χ1) is 7.70. The molecule has 1 aliphatic rings. The molecule has 1 aromatic rings. The second kappa shape index (κ2) is 4.04. The van der Waals surface area contributed by atoms with Gasteiger partial charge in [-0.25, -0.2) is 4.79 Å². The standard InChI is InChI=1S/C12H14O4/c1-14-9-4-3-5-10(8-9)16-12(6-7-12)11(13)15-2/h3-5,8H,6-7H2,1-2H3. The largest absolute Gasteiger partial charge is 0.497 e. The van der Waals surface area contributed by atoms with Crippen LogP contribution >= 0.6 is 0 Å². The van der Waals surface area contributed by atoms with Gasteiger partial charge in [0.1, 0.15) is 11.5 Å². The number of benzene rings is 1. The molecule has 0 spiro atoms. The van der Waals surface area contributed by atoms with Crippen molar-refractivity contribution in [2.45, 2.75) is 18.4 Å². The van der Waals surface area contributed by atoms with E-state index < -0.39 is 5.60 Å². The number of hydrogen-bond donors (Lipinski definition) is 0. The molecule has 4 nitrogen and oxygen atoms in total. The number of rotatable bonds is 4. The van der Waals surface area contributed by atoms with Crippen molar-refractivity contribution < 1.29 is 19.0 Å². The minimum atomic E-state index is -0.763. The summed E-state index contributed by atoms with van der Waals surface area (Å²) in [5.41, 5.74) is -0.763. The summed E-state index contributed by atoms with van der Waals surface area (Å²) in [4.78, 5) is 11.5. The van der Waals surface area contributed by atoms with Crippen LogP contribution < -0.4 is 9.47 Å². The average Bonchev–Trinajstić information content (AvgIpc) is 3.09. The molecular weight excluding hydrogens is 208 g/mol. The summed E-state index contributed by atoms with van der Waals surface area (Å²) < 4.78 is 15.4. The van der Waals surface area contributed by atoms with Gasteiger partial charge in [-0.05, 0) is 12.1 Å². The molecule has 0 aliphatic heterocycles. The van der Waals surface area contributed by atoms with Gasteiger partial charge in [-0.1, -0.05) is 6.07 Å². The highest BCUT2D eigenvalue weighted by Crippen LogP contribution is 2.41. The van der Waals surface area contributed by atoms with Crippen molar-refractivity contribution in [1.29, 1.82) is 0 Å². The quantitative estimate of drug-likeness (QED) is 0.728. The fourth-order valence-corrected chi connectivity index (χ4v) is 1.54. The fourth-order valence-electron chi connectivity index (χ4n) is 1.54. The van der Waals surface area contributed by atoms with Gasteiger partial charge in [-0.3, -0.25) is 0 Å². The van der Waals surface area contributed by atoms with Crippen LogP contribution in [0.25, 0.3) is 0 Å². The van der Waals surface area contributed by atoms with Crippen LogP contribution in [0.5, 0.6) is 11.5 Å². The van der Waals surface area contributed by atoms with Gasteiger partial charge in [0.25, 0.3) is 0 Å². The lowest BCUT2D eigenvalue weighted by Gasteiger charge is -2.15. The van der Waals surface area contributed by atoms with Crippen LogP contribution in [-0.4, -0.2) is 25.8 Å². The third-order valence-corrected chi connectivity index (χ3v) is 2.62. The zero-order valence-electron chi connectivity index (χ0n) is 9.36. The Labute approximate surface area is 94.1 Å². The van der Waals surface area contributed by atoms with Gasteiger partial charge >= 0.3 is 5.97 Å². The Morgan fingerprint density at radius 1 is 1.25 bits per heavy atom. The Morgan fingerprint density at radius 2 is 1.94 bits per heavy atom. The molecule has 1 aliphatic carbocycles. The molecule has 0 N–H and O–H groups in total. The molecule has 1 fully saturated rings. The molecule has 2 rings (SSSR count). The molecule has 4 heteroatoms. The molecule has 0 bridgehead atoms. The number of hydrogen-bond acceptors (Lipinski definition) is 4. The first kappa shape index (κ1) is 10.8. The predicted octanol–water partition coefficient (Wildman–Crippen LogP) is 1.78. The van der Waals surface area contributed by atoms with E-state index in [1.54, 1.807) is 19.2 Å². The Kier molecular flexibility index (Phi) is 2.73. The normalized spacial score (nSPS) is 16.4. The minimum absolute atomic E-state index is 0.310. The zero-order valence-corrected chi connectivity index (χ0v) is 9.36. The summed E-state index contributed by atoms with van der Waals surface area (Å²) in [7, 11) is 2.96. The molecule has 0 atom stereocenters. The third-order valence-electron chi connectivity index (χ3n) is 2.62. The fraction of sp³-hybridized carbons (Fsp3) is 0.417. The zero-order chi connectivity index (χ0) is 11.6. The van der Waals surface area contributed by atoms with Crippen LogP contribution in [0.15, 0.2) is 24.3 Å². The number of carbonyl (C=O) groups is 1. The Balaban J connectivity index is 2.12. The maximum atomic E-state index is 11.5. The first-order valence-electron chi connectivity index (χ1n) is 5.12. The van der Waals surface area contributed by atoms with E-state index in [1.165, 1.54) is 7.11 Å². The van der Waals surface area contributed by atoms with Crippen molar-refractivity contribution >= 4 is 5.97 Å². The molecular formula is C12H14O4. The van der Waals surface area contributed by atoms with Gasteiger partial charge < -0.3 is 14.2 Å². The highest BCUT2D eigenvalue weighted by molar-refractivity contribution is 5.83. The van der Waals surface area contributed by atoms with Gasteiger partial charge in [0.15, 0.2) is 0 Å². The Morgan fingerprint density at radius 3 is 2.50 bits per heavy atom. The molecule has 0 amide bonds. The summed E-state index contributed by atoms with van der Waals surface area (Å²) >= 11 is 0. The van der Waals surface area contributed by atoms with E-state index in [9.17, 15) is 4.79 Å². The molecule has 16 heavy (non-hydrogen) atoms. The second-order valence-corrected chi connectivity index (χ2v) is 3.77. The molecule has 0 radical (unpaired) electrons. The number of carbonyl (C=O) groups excluding carboxylic acids is 1. The van der Waals surface area contributed by atoms with Crippen molar-refractivity contribution in [3.05, 3.63) is 24.3 Å². The lowest BCUT2D eigenvalue weighted by molar-refractivity contribution is -0.151. The van der Waals surface area contributed by atoms with Crippen LogP contribution in [0, 0.1) is 0 Å². The SMILES string of the molecule is COC(=O)C1(Oc2cccc(OC)c2)CC1. The van der Waals surface area contributed by atoms with Gasteiger partial charge in [0.2, 0.25) is 5.60 Å². The maximum absolute atomic E-state index is 11.5. The molecule has 1 aromatic carbocycles. The lowest BCUT2D eigenvalue weighted by atomic mass is 10.3. The smallest absolute Gasteiger partial charge is 0.350 e. The van der Waals surface area contributed by atoms with E-state index in [4.69, 9.17) is 14.2 Å². The molecule has 0 saturated heterocycles. The topological polar surface area (TPSA) is 44.8 Å². The van der Waals surface area contributed by atoms with E-state index in [2.05, 4.69) is 0 Å². The van der Waals surface area contributed by atoms with E-state index in [-0.39, 0.29) is 5.97 Å². The monoisotopic (exact) mass is 222 g/mol. The summed E-state index contributed by atoms with van der Waals surface area (Å²) in [6, 6.07) is 7.20. The molecule has 86 valence electrons. The molecule has 1 saturated carbocycles. The predicted molar refractivity (Wildman–Crippen MR) is 57.6 cm³/mol. The summed E-state index contributed by atoms with van der Waals surface area (Å²) in [6.07, 6.45) is 1.41. The highest BCUT2D eigenvalue weighted by atomic mass is 16.6. The van der Waals surface area contributed by atoms with Crippen molar-refractivity contribution in [2.24, 2.45) is 0 Å². The van der Waals surface area contributed by atoms with Crippen molar-refractivity contribution in [2.75, 3.05) is 14.2 Å². The Hall–Kier alpha value is -1.71. The summed E-state index contributed by atoms with van der Waals surface area (Å²) in [5, 5.41) is 0. The first-order valence-corrected chi connectivity index (χ1v) is 5.12. The van der Waals surface area contributed by atoms with Gasteiger partial charge in [-0.15, -0.1) is 0 Å². The van der Waals surface area contributed by atoms with Crippen LogP contribution in [-0.2, 0) is 9.53 Å². The highest BCUT2D eigenvalue weighted by Gasteiger charge is 2.54. The molecule has 0 aromatic heterocycles. The number of esters is 1. The average molecular weight is 222 g/mol. The van der Waals surface area contributed by atoms with E-state index in [1.807, 2.05) is 12.1 Å². The minimum Gasteiger partial charge on any atom is -0.497 e. The van der Waals surface area contributed by atoms with Crippen LogP contribution in [0.4, 0.5) is 0 Å². The second-order valence-electron chi connectivity index (χ2n) is 3.77. The third kappa shape index (κ3) is 1.96. The maximum Gasteiger partial charge on any atom is 0.350 e. The summed E-state index contributed by atoms with van der Waals surface area (Å²) in [5.74, 6) is 1.02. The van der Waals surface area contributed by atoms with E-state index >= 15 is 0 Å². The van der Waals surface area contributed by atoms with E-state index in [0.717, 1.165) is 0 Å². The number of methoxy groups -OCH3 is 2. The van der Waals surface area contributed by atoms with Gasteiger partial charge in [0.05, 0.1) is 14.2 Å². The van der Waals surface area contributed by atoms with Gasteiger partial charge in [-0.2, -0.15) is 0 Å². The summed E-state index contributed by atoms with van der Waals surface area (Å²) in [6.45, 7) is 0. The molecule has 0 unspecified atom stereocenters. The van der Waals surface area contributed by atoms with Crippen LogP contribution in [0.2, 0.25) is 0 Å². The van der Waals surface area contributed by atoms with Crippen molar-refractivity contribution in [3.63, 3.8) is 0 Å². The molecule has 0 heterocycles. The lowest BCUT2D eigenvalue weighted by Crippen LogP contribution is -2.30. The van der Waals surface area contributed by atoms with Gasteiger partial charge in [0, 0.05) is 18.9 Å². The number of ether oxygens (including phenoxy) is 3. The van der Waals surface area contributed by atoms with Crippen molar-refractivity contribution in [1.82, 2.24) is 0 Å². The van der Waals surface area contributed by atoms with Crippen LogP contribution in [0.1, 0.15) is 12.8 Å². The Bertz CT molecular complexity index is 396. The van der Waals surface area contributed by atoms with Crippen LogP contribution in [0.3, 0.4) is 0 Å².